The third-order valence-corrected chi connectivity index (χ3v) is 5.98. The normalized spacial score (nSPS) is 11.7. The lowest BCUT2D eigenvalue weighted by atomic mass is 10.1. The lowest BCUT2D eigenvalue weighted by molar-refractivity contribution is -0.385. The topological polar surface area (TPSA) is 148 Å². The first-order chi connectivity index (χ1) is 20.2. The summed E-state index contributed by atoms with van der Waals surface area (Å²) in [5, 5.41) is 28.2. The van der Waals surface area contributed by atoms with Crippen LogP contribution < -0.4 is 0 Å². The standard InChI is InChI=1S/2C12H10F4N4O2/c1-6-3-8(9(13)4-10(6)20(21)22)5-19-7(2)17-11(18-19)12(14,15)16;1-6-3-8(10(20(21)22)4-9(6)13)5-19-7(2)17-11(18-19)12(14,15)16/h2*3-4H,5H2,1-2H3. The zero-order valence-electron chi connectivity index (χ0n) is 23.0. The van der Waals surface area contributed by atoms with E-state index in [1.54, 1.807) is 0 Å². The van der Waals surface area contributed by atoms with Gasteiger partial charge in [-0.2, -0.15) is 26.3 Å². The predicted octanol–water partition coefficient (Wildman–Crippen LogP) is 6.02. The fraction of sp³-hybridized carbons (Fsp3) is 0.333. The van der Waals surface area contributed by atoms with E-state index in [9.17, 15) is 55.4 Å². The van der Waals surface area contributed by atoms with E-state index in [1.165, 1.54) is 39.8 Å². The van der Waals surface area contributed by atoms with Crippen LogP contribution in [0.15, 0.2) is 24.3 Å². The molecule has 0 N–H and O–H groups in total. The molecule has 12 nitrogen and oxygen atoms in total. The molecule has 0 atom stereocenters. The Hall–Kier alpha value is -5.04. The van der Waals surface area contributed by atoms with Crippen LogP contribution in [0, 0.1) is 59.6 Å². The second-order valence-electron chi connectivity index (χ2n) is 9.25. The van der Waals surface area contributed by atoms with E-state index < -0.39 is 56.9 Å². The Balaban J connectivity index is 0.000000240. The van der Waals surface area contributed by atoms with Gasteiger partial charge in [0, 0.05) is 11.1 Å². The molecule has 0 saturated carbocycles. The molecule has 236 valence electrons. The summed E-state index contributed by atoms with van der Waals surface area (Å²) in [6.45, 7) is 4.79. The molecule has 0 unspecified atom stereocenters. The number of halogens is 8. The highest BCUT2D eigenvalue weighted by atomic mass is 19.4. The average Bonchev–Trinajstić information content (AvgIpc) is 3.45. The Labute approximate surface area is 241 Å². The van der Waals surface area contributed by atoms with Gasteiger partial charge in [-0.3, -0.25) is 20.2 Å². The molecule has 0 fully saturated rings. The Morgan fingerprint density at radius 2 is 1.07 bits per heavy atom. The third-order valence-electron chi connectivity index (χ3n) is 5.98. The molecule has 0 bridgehead atoms. The zero-order valence-corrected chi connectivity index (χ0v) is 23.0. The first kappa shape index (κ1) is 33.5. The summed E-state index contributed by atoms with van der Waals surface area (Å²) in [6, 6.07) is 3.90. The molecule has 0 amide bonds. The minimum Gasteiger partial charge on any atom is -0.258 e. The molecule has 0 aliphatic carbocycles. The van der Waals surface area contributed by atoms with Gasteiger partial charge in [-0.25, -0.2) is 28.1 Å². The third kappa shape index (κ3) is 7.67. The van der Waals surface area contributed by atoms with Crippen molar-refractivity contribution in [3.63, 3.8) is 0 Å². The number of rotatable bonds is 6. The number of benzene rings is 2. The number of alkyl halides is 6. The van der Waals surface area contributed by atoms with Gasteiger partial charge in [-0.1, -0.05) is 0 Å². The summed E-state index contributed by atoms with van der Waals surface area (Å²) in [5.74, 6) is -4.38. The molecule has 4 aromatic rings. The van der Waals surface area contributed by atoms with E-state index in [-0.39, 0.29) is 47.0 Å². The maximum Gasteiger partial charge on any atom is 0.453 e. The number of nitro benzene ring substituents is 2. The molecule has 2 heterocycles. The van der Waals surface area contributed by atoms with Gasteiger partial charge >= 0.3 is 12.4 Å². The number of hydrogen-bond acceptors (Lipinski definition) is 8. The van der Waals surface area contributed by atoms with E-state index in [4.69, 9.17) is 0 Å². The van der Waals surface area contributed by atoms with Crippen LogP contribution in [0.2, 0.25) is 0 Å². The molecular formula is C24H20F8N8O4. The van der Waals surface area contributed by atoms with Crippen molar-refractivity contribution >= 4 is 11.4 Å². The van der Waals surface area contributed by atoms with Crippen LogP contribution >= 0.6 is 0 Å². The van der Waals surface area contributed by atoms with Gasteiger partial charge in [-0.15, -0.1) is 10.2 Å². The molecule has 0 spiro atoms. The molecule has 2 aromatic heterocycles. The molecule has 0 radical (unpaired) electrons. The van der Waals surface area contributed by atoms with Crippen LogP contribution in [0.3, 0.4) is 0 Å². The molecule has 4 rings (SSSR count). The zero-order chi connectivity index (χ0) is 33.3. The quantitative estimate of drug-likeness (QED) is 0.142. The Morgan fingerprint density at radius 3 is 1.48 bits per heavy atom. The maximum absolute atomic E-state index is 13.9. The highest BCUT2D eigenvalue weighted by molar-refractivity contribution is 5.44. The van der Waals surface area contributed by atoms with Gasteiger partial charge in [0.1, 0.15) is 23.3 Å². The summed E-state index contributed by atoms with van der Waals surface area (Å²) < 4.78 is 104. The monoisotopic (exact) mass is 636 g/mol. The first-order valence-corrected chi connectivity index (χ1v) is 12.0. The van der Waals surface area contributed by atoms with Crippen LogP contribution in [0.4, 0.5) is 46.5 Å². The number of nitro groups is 2. The van der Waals surface area contributed by atoms with Crippen molar-refractivity contribution < 1.29 is 45.0 Å². The summed E-state index contributed by atoms with van der Waals surface area (Å²) in [6.07, 6.45) is -9.40. The summed E-state index contributed by atoms with van der Waals surface area (Å²) in [5.41, 5.74) is -0.529. The lowest BCUT2D eigenvalue weighted by Gasteiger charge is -2.07. The van der Waals surface area contributed by atoms with E-state index >= 15 is 0 Å². The van der Waals surface area contributed by atoms with Gasteiger partial charge in [0.05, 0.1) is 40.6 Å². The Kier molecular flexibility index (Phi) is 9.35. The van der Waals surface area contributed by atoms with Crippen molar-refractivity contribution in [2.75, 3.05) is 0 Å². The highest BCUT2D eigenvalue weighted by Crippen LogP contribution is 2.29. The Morgan fingerprint density at radius 1 is 0.659 bits per heavy atom. The first-order valence-electron chi connectivity index (χ1n) is 12.0. The smallest absolute Gasteiger partial charge is 0.258 e. The maximum atomic E-state index is 13.9. The molecule has 0 saturated heterocycles. The molecule has 20 heteroatoms. The minimum absolute atomic E-state index is 0.00942. The summed E-state index contributed by atoms with van der Waals surface area (Å²) in [7, 11) is 0. The largest absolute Gasteiger partial charge is 0.453 e. The van der Waals surface area contributed by atoms with Crippen LogP contribution in [0.1, 0.15) is 45.6 Å². The van der Waals surface area contributed by atoms with Crippen LogP contribution in [0.5, 0.6) is 0 Å². The second-order valence-corrected chi connectivity index (χ2v) is 9.25. The molecule has 0 aliphatic heterocycles. The van der Waals surface area contributed by atoms with Gasteiger partial charge in [0.25, 0.3) is 23.0 Å². The van der Waals surface area contributed by atoms with Crippen molar-refractivity contribution in [1.82, 2.24) is 29.5 Å². The highest BCUT2D eigenvalue weighted by Gasteiger charge is 2.37. The van der Waals surface area contributed by atoms with Crippen molar-refractivity contribution in [2.24, 2.45) is 0 Å². The van der Waals surface area contributed by atoms with E-state index in [0.29, 0.717) is 0 Å². The number of aromatic nitrogens is 6. The van der Waals surface area contributed by atoms with E-state index in [0.717, 1.165) is 21.5 Å². The van der Waals surface area contributed by atoms with Crippen LogP contribution in [-0.2, 0) is 25.4 Å². The van der Waals surface area contributed by atoms with Gasteiger partial charge in [0.2, 0.25) is 0 Å². The predicted molar refractivity (Wildman–Crippen MR) is 133 cm³/mol. The fourth-order valence-electron chi connectivity index (χ4n) is 3.78. The molecule has 2 aromatic carbocycles. The number of aryl methyl sites for hydroxylation is 4. The van der Waals surface area contributed by atoms with Crippen LogP contribution in [0.25, 0.3) is 0 Å². The molecule has 0 aliphatic rings. The second kappa shape index (κ2) is 12.3. The van der Waals surface area contributed by atoms with Crippen molar-refractivity contribution in [2.45, 2.75) is 53.1 Å². The Bertz CT molecular complexity index is 1730. The number of hydrogen-bond donors (Lipinski definition) is 0. The van der Waals surface area contributed by atoms with Crippen molar-refractivity contribution in [1.29, 1.82) is 0 Å². The van der Waals surface area contributed by atoms with Crippen LogP contribution in [-0.4, -0.2) is 39.4 Å². The van der Waals surface area contributed by atoms with E-state index in [1.807, 2.05) is 0 Å². The molecule has 44 heavy (non-hydrogen) atoms. The van der Waals surface area contributed by atoms with Gasteiger partial charge < -0.3 is 0 Å². The fourth-order valence-corrected chi connectivity index (χ4v) is 3.78. The summed E-state index contributed by atoms with van der Waals surface area (Å²) >= 11 is 0. The summed E-state index contributed by atoms with van der Waals surface area (Å²) in [4.78, 5) is 26.7. The number of nitrogens with zero attached hydrogens (tertiary/aromatic N) is 8. The van der Waals surface area contributed by atoms with Crippen molar-refractivity contribution in [3.8, 4) is 0 Å². The average molecular weight is 636 g/mol. The minimum atomic E-state index is -4.71. The van der Waals surface area contributed by atoms with Crippen molar-refractivity contribution in [3.05, 3.63) is 102 Å². The molecular weight excluding hydrogens is 616 g/mol. The lowest BCUT2D eigenvalue weighted by Crippen LogP contribution is -2.10. The SMILES string of the molecule is Cc1cc(Cn2nc(C(F)(F)F)nc2C)c(F)cc1[N+](=O)[O-].Cc1cc(Cn2nc(C(F)(F)F)nc2C)c([N+](=O)[O-])cc1F. The van der Waals surface area contributed by atoms with Gasteiger partial charge in [0.15, 0.2) is 0 Å². The van der Waals surface area contributed by atoms with Gasteiger partial charge in [-0.05, 0) is 45.4 Å². The van der Waals surface area contributed by atoms with E-state index in [2.05, 4.69) is 20.2 Å².